The van der Waals surface area contributed by atoms with Crippen LogP contribution in [0.1, 0.15) is 11.3 Å². The molecule has 2 rings (SSSR count). The molecule has 1 heterocycles. The summed E-state index contributed by atoms with van der Waals surface area (Å²) in [7, 11) is 0. The van der Waals surface area contributed by atoms with Gasteiger partial charge in [0.2, 0.25) is 0 Å². The third-order valence-corrected chi connectivity index (χ3v) is 2.36. The van der Waals surface area contributed by atoms with Gasteiger partial charge in [-0.1, -0.05) is 6.07 Å². The molecule has 2 aromatic rings. The minimum absolute atomic E-state index is 0.245. The van der Waals surface area contributed by atoms with Crippen LogP contribution in [0.15, 0.2) is 42.6 Å². The number of nitriles is 1. The van der Waals surface area contributed by atoms with Crippen LogP contribution in [-0.2, 0) is 6.18 Å². The second kappa shape index (κ2) is 4.98. The normalized spacial score (nSPS) is 10.8. The number of hydrogen-bond acceptors (Lipinski definition) is 3. The van der Waals surface area contributed by atoms with Gasteiger partial charge in [0, 0.05) is 5.69 Å². The molecule has 0 atom stereocenters. The average molecular weight is 263 g/mol. The van der Waals surface area contributed by atoms with E-state index in [0.717, 1.165) is 12.1 Å². The number of rotatable bonds is 2. The molecule has 0 aliphatic carbocycles. The highest BCUT2D eigenvalue weighted by Crippen LogP contribution is 2.31. The molecular weight excluding hydrogens is 255 g/mol. The van der Waals surface area contributed by atoms with Crippen LogP contribution in [-0.4, -0.2) is 4.98 Å². The van der Waals surface area contributed by atoms with Crippen molar-refractivity contribution in [3.63, 3.8) is 0 Å². The molecular formula is C13H8F3N3. The first-order valence-electron chi connectivity index (χ1n) is 5.29. The monoisotopic (exact) mass is 263 g/mol. The number of anilines is 2. The number of nitrogens with zero attached hydrogens (tertiary/aromatic N) is 2. The predicted molar refractivity (Wildman–Crippen MR) is 63.7 cm³/mol. The molecule has 1 aromatic heterocycles. The van der Waals surface area contributed by atoms with E-state index < -0.39 is 11.7 Å². The number of halogens is 3. The largest absolute Gasteiger partial charge is 0.416 e. The fourth-order valence-corrected chi connectivity index (χ4v) is 1.47. The van der Waals surface area contributed by atoms with Crippen molar-refractivity contribution in [2.45, 2.75) is 6.18 Å². The van der Waals surface area contributed by atoms with Crippen molar-refractivity contribution in [2.75, 3.05) is 5.32 Å². The maximum Gasteiger partial charge on any atom is 0.416 e. The zero-order valence-electron chi connectivity index (χ0n) is 9.57. The van der Waals surface area contributed by atoms with E-state index in [1.807, 2.05) is 6.07 Å². The standard InChI is InChI=1S/C13H8F3N3/c14-13(15,16)9-2-1-3-10(6-9)19-12-5-4-11(7-17)18-8-12/h1-6,8,19H. The van der Waals surface area contributed by atoms with Crippen LogP contribution in [0.5, 0.6) is 0 Å². The van der Waals surface area contributed by atoms with Gasteiger partial charge in [0.1, 0.15) is 11.8 Å². The van der Waals surface area contributed by atoms with Gasteiger partial charge in [-0.3, -0.25) is 0 Å². The predicted octanol–water partition coefficient (Wildman–Crippen LogP) is 3.72. The van der Waals surface area contributed by atoms with E-state index in [9.17, 15) is 13.2 Å². The molecule has 6 heteroatoms. The molecule has 1 N–H and O–H groups in total. The Hall–Kier alpha value is -2.55. The molecule has 0 saturated heterocycles. The second-order valence-corrected chi connectivity index (χ2v) is 3.75. The molecule has 0 spiro atoms. The van der Waals surface area contributed by atoms with Gasteiger partial charge in [-0.25, -0.2) is 4.98 Å². The molecule has 0 saturated carbocycles. The summed E-state index contributed by atoms with van der Waals surface area (Å²) in [4.78, 5) is 3.82. The summed E-state index contributed by atoms with van der Waals surface area (Å²) < 4.78 is 37.6. The summed E-state index contributed by atoms with van der Waals surface area (Å²) in [5.41, 5.74) is 0.341. The van der Waals surface area contributed by atoms with E-state index in [4.69, 9.17) is 5.26 Å². The van der Waals surface area contributed by atoms with Gasteiger partial charge in [0.15, 0.2) is 0 Å². The van der Waals surface area contributed by atoms with E-state index in [2.05, 4.69) is 10.3 Å². The quantitative estimate of drug-likeness (QED) is 0.898. The van der Waals surface area contributed by atoms with E-state index in [0.29, 0.717) is 11.4 Å². The Morgan fingerprint density at radius 2 is 1.89 bits per heavy atom. The highest BCUT2D eigenvalue weighted by molar-refractivity contribution is 5.59. The third-order valence-electron chi connectivity index (χ3n) is 2.36. The lowest BCUT2D eigenvalue weighted by Gasteiger charge is -2.10. The van der Waals surface area contributed by atoms with E-state index in [1.54, 1.807) is 6.07 Å². The summed E-state index contributed by atoms with van der Waals surface area (Å²) in [6, 6.07) is 9.77. The number of hydrogen-bond donors (Lipinski definition) is 1. The van der Waals surface area contributed by atoms with Crippen LogP contribution in [0.25, 0.3) is 0 Å². The van der Waals surface area contributed by atoms with Gasteiger partial charge in [0.25, 0.3) is 0 Å². The Labute approximate surface area is 107 Å². The van der Waals surface area contributed by atoms with Crippen molar-refractivity contribution >= 4 is 11.4 Å². The van der Waals surface area contributed by atoms with Crippen LogP contribution < -0.4 is 5.32 Å². The first-order valence-corrected chi connectivity index (χ1v) is 5.29. The number of benzene rings is 1. The van der Waals surface area contributed by atoms with Crippen molar-refractivity contribution in [2.24, 2.45) is 0 Å². The summed E-state index contributed by atoms with van der Waals surface area (Å²) in [5, 5.41) is 11.4. The molecule has 0 aliphatic rings. The van der Waals surface area contributed by atoms with Gasteiger partial charge < -0.3 is 5.32 Å². The molecule has 1 aromatic carbocycles. The third kappa shape index (κ3) is 3.22. The molecule has 19 heavy (non-hydrogen) atoms. The number of alkyl halides is 3. The molecule has 0 amide bonds. The maximum atomic E-state index is 12.5. The molecule has 96 valence electrons. The van der Waals surface area contributed by atoms with Crippen LogP contribution in [0.2, 0.25) is 0 Å². The Bertz CT molecular complexity index is 612. The van der Waals surface area contributed by atoms with Crippen molar-refractivity contribution in [3.8, 4) is 6.07 Å². The van der Waals surface area contributed by atoms with Crippen LogP contribution in [0.4, 0.5) is 24.5 Å². The maximum absolute atomic E-state index is 12.5. The average Bonchev–Trinajstić information content (AvgIpc) is 2.39. The Balaban J connectivity index is 2.21. The Morgan fingerprint density at radius 1 is 1.11 bits per heavy atom. The van der Waals surface area contributed by atoms with Crippen molar-refractivity contribution < 1.29 is 13.2 Å². The Morgan fingerprint density at radius 3 is 2.47 bits per heavy atom. The van der Waals surface area contributed by atoms with Crippen molar-refractivity contribution in [3.05, 3.63) is 53.9 Å². The van der Waals surface area contributed by atoms with Crippen LogP contribution in [0.3, 0.4) is 0 Å². The topological polar surface area (TPSA) is 48.7 Å². The first kappa shape index (κ1) is 12.9. The highest BCUT2D eigenvalue weighted by atomic mass is 19.4. The zero-order chi connectivity index (χ0) is 13.9. The summed E-state index contributed by atoms with van der Waals surface area (Å²) in [6.07, 6.45) is -2.99. The zero-order valence-corrected chi connectivity index (χ0v) is 9.57. The van der Waals surface area contributed by atoms with Gasteiger partial charge >= 0.3 is 6.18 Å². The number of pyridine rings is 1. The summed E-state index contributed by atoms with van der Waals surface area (Å²) >= 11 is 0. The lowest BCUT2D eigenvalue weighted by molar-refractivity contribution is -0.137. The smallest absolute Gasteiger partial charge is 0.354 e. The van der Waals surface area contributed by atoms with E-state index >= 15 is 0 Å². The van der Waals surface area contributed by atoms with Crippen molar-refractivity contribution in [1.82, 2.24) is 4.98 Å². The molecule has 0 bridgehead atoms. The van der Waals surface area contributed by atoms with Gasteiger partial charge in [-0.05, 0) is 30.3 Å². The van der Waals surface area contributed by atoms with Crippen LogP contribution in [0, 0.1) is 11.3 Å². The lowest BCUT2D eigenvalue weighted by Crippen LogP contribution is -2.05. The fraction of sp³-hybridized carbons (Fsp3) is 0.0769. The molecule has 0 unspecified atom stereocenters. The molecule has 0 aliphatic heterocycles. The lowest BCUT2D eigenvalue weighted by atomic mass is 10.2. The van der Waals surface area contributed by atoms with Crippen molar-refractivity contribution in [1.29, 1.82) is 5.26 Å². The molecule has 0 radical (unpaired) electrons. The molecule has 0 fully saturated rings. The highest BCUT2D eigenvalue weighted by Gasteiger charge is 2.30. The SMILES string of the molecule is N#Cc1ccc(Nc2cccc(C(F)(F)F)c2)cn1. The van der Waals surface area contributed by atoms with Gasteiger partial charge in [-0.2, -0.15) is 18.4 Å². The van der Waals surface area contributed by atoms with Crippen LogP contribution >= 0.6 is 0 Å². The Kier molecular flexibility index (Phi) is 3.38. The number of nitrogens with one attached hydrogen (secondary N) is 1. The fourth-order valence-electron chi connectivity index (χ4n) is 1.47. The van der Waals surface area contributed by atoms with Gasteiger partial charge in [0.05, 0.1) is 17.4 Å². The minimum atomic E-state index is -4.37. The van der Waals surface area contributed by atoms with Gasteiger partial charge in [-0.15, -0.1) is 0 Å². The summed E-state index contributed by atoms with van der Waals surface area (Å²) in [6.45, 7) is 0. The van der Waals surface area contributed by atoms with E-state index in [1.165, 1.54) is 24.4 Å². The molecule has 3 nitrogen and oxygen atoms in total. The summed E-state index contributed by atoms with van der Waals surface area (Å²) in [5.74, 6) is 0. The first-order chi connectivity index (χ1) is 8.99. The van der Waals surface area contributed by atoms with E-state index in [-0.39, 0.29) is 5.69 Å². The number of aromatic nitrogens is 1. The second-order valence-electron chi connectivity index (χ2n) is 3.75. The minimum Gasteiger partial charge on any atom is -0.354 e.